The molecule has 2 aromatic carbocycles. The molecule has 1 heterocycles. The molecule has 0 fully saturated rings. The summed E-state index contributed by atoms with van der Waals surface area (Å²) in [4.78, 5) is 39.4. The first-order valence-corrected chi connectivity index (χ1v) is 10.7. The van der Waals surface area contributed by atoms with E-state index in [2.05, 4.69) is 15.6 Å². The van der Waals surface area contributed by atoms with E-state index in [1.165, 1.54) is 18.3 Å². The number of nitrogens with zero attached hydrogens (tertiary/aromatic N) is 1. The number of benzene rings is 2. The maximum absolute atomic E-state index is 12.0. The SMILES string of the molecule is CC(=O)Nc1ccc(NC(=O)COC(=O)Cc2csc(COc3ccc(C)cc3)n2)cc1. The van der Waals surface area contributed by atoms with Gasteiger partial charge in [-0.15, -0.1) is 11.3 Å². The number of aryl methyl sites for hydroxylation is 1. The van der Waals surface area contributed by atoms with Gasteiger partial charge in [0.15, 0.2) is 6.61 Å². The number of hydrogen-bond acceptors (Lipinski definition) is 7. The van der Waals surface area contributed by atoms with Crippen molar-refractivity contribution >= 4 is 40.5 Å². The molecule has 1 aromatic heterocycles. The third-order valence-electron chi connectivity index (χ3n) is 4.16. The topological polar surface area (TPSA) is 107 Å². The highest BCUT2D eigenvalue weighted by atomic mass is 32.1. The molecule has 0 saturated carbocycles. The van der Waals surface area contributed by atoms with Gasteiger partial charge in [0.1, 0.15) is 17.4 Å². The number of rotatable bonds is 9. The second-order valence-electron chi connectivity index (χ2n) is 6.98. The van der Waals surface area contributed by atoms with Crippen LogP contribution in [0, 0.1) is 6.92 Å². The second-order valence-corrected chi connectivity index (χ2v) is 7.92. The van der Waals surface area contributed by atoms with Crippen LogP contribution >= 0.6 is 11.3 Å². The van der Waals surface area contributed by atoms with Crippen LogP contribution in [0.4, 0.5) is 11.4 Å². The van der Waals surface area contributed by atoms with Crippen molar-refractivity contribution in [1.82, 2.24) is 4.98 Å². The van der Waals surface area contributed by atoms with Gasteiger partial charge in [-0.05, 0) is 43.3 Å². The van der Waals surface area contributed by atoms with Gasteiger partial charge in [0.2, 0.25) is 5.91 Å². The van der Waals surface area contributed by atoms with Crippen LogP contribution in [0.3, 0.4) is 0 Å². The Balaban J connectivity index is 1.39. The summed E-state index contributed by atoms with van der Waals surface area (Å²) in [6.07, 6.45) is -0.0281. The number of thiazole rings is 1. The van der Waals surface area contributed by atoms with Crippen molar-refractivity contribution in [2.45, 2.75) is 26.9 Å². The van der Waals surface area contributed by atoms with Gasteiger partial charge in [-0.1, -0.05) is 17.7 Å². The van der Waals surface area contributed by atoms with Gasteiger partial charge in [0.05, 0.1) is 12.1 Å². The minimum Gasteiger partial charge on any atom is -0.486 e. The zero-order chi connectivity index (χ0) is 22.9. The number of amides is 2. The predicted molar refractivity (Wildman–Crippen MR) is 122 cm³/mol. The van der Waals surface area contributed by atoms with Crippen molar-refractivity contribution in [3.05, 3.63) is 70.2 Å². The van der Waals surface area contributed by atoms with Crippen molar-refractivity contribution in [3.63, 3.8) is 0 Å². The van der Waals surface area contributed by atoms with Crippen molar-refractivity contribution in [2.24, 2.45) is 0 Å². The fraction of sp³-hybridized carbons (Fsp3) is 0.217. The van der Waals surface area contributed by atoms with Crippen LogP contribution in [0.5, 0.6) is 5.75 Å². The van der Waals surface area contributed by atoms with Gasteiger partial charge in [-0.2, -0.15) is 0 Å². The zero-order valence-electron chi connectivity index (χ0n) is 17.7. The summed E-state index contributed by atoms with van der Waals surface area (Å²) in [7, 11) is 0. The summed E-state index contributed by atoms with van der Waals surface area (Å²) in [5.74, 6) is -0.434. The molecule has 3 aromatic rings. The summed E-state index contributed by atoms with van der Waals surface area (Å²) in [6.45, 7) is 3.33. The van der Waals surface area contributed by atoms with Crippen LogP contribution < -0.4 is 15.4 Å². The average Bonchev–Trinajstić information content (AvgIpc) is 3.20. The van der Waals surface area contributed by atoms with Crippen LogP contribution in [0.25, 0.3) is 0 Å². The van der Waals surface area contributed by atoms with Crippen molar-refractivity contribution in [3.8, 4) is 5.75 Å². The van der Waals surface area contributed by atoms with Gasteiger partial charge < -0.3 is 20.1 Å². The van der Waals surface area contributed by atoms with Gasteiger partial charge in [0.25, 0.3) is 5.91 Å². The lowest BCUT2D eigenvalue weighted by atomic mass is 10.2. The molecule has 0 saturated heterocycles. The number of carbonyl (C=O) groups is 3. The molecule has 9 heteroatoms. The molecule has 3 rings (SSSR count). The number of carbonyl (C=O) groups excluding carboxylic acids is 3. The third kappa shape index (κ3) is 7.51. The number of esters is 1. The van der Waals surface area contributed by atoms with Crippen molar-refractivity contribution < 1.29 is 23.9 Å². The Labute approximate surface area is 189 Å². The number of ether oxygens (including phenoxy) is 2. The molecular formula is C23H23N3O5S. The number of hydrogen-bond donors (Lipinski definition) is 2. The maximum atomic E-state index is 12.0. The van der Waals surface area contributed by atoms with E-state index < -0.39 is 18.5 Å². The zero-order valence-corrected chi connectivity index (χ0v) is 18.5. The fourth-order valence-electron chi connectivity index (χ4n) is 2.66. The lowest BCUT2D eigenvalue weighted by Gasteiger charge is -2.07. The van der Waals surface area contributed by atoms with Gasteiger partial charge in [0, 0.05) is 23.7 Å². The van der Waals surface area contributed by atoms with Crippen LogP contribution in [0.15, 0.2) is 53.9 Å². The Hall–Kier alpha value is -3.72. The van der Waals surface area contributed by atoms with E-state index in [0.29, 0.717) is 23.7 Å². The molecule has 2 N–H and O–H groups in total. The molecule has 0 atom stereocenters. The number of aromatic nitrogens is 1. The minimum atomic E-state index is -0.544. The van der Waals surface area contributed by atoms with E-state index in [1.54, 1.807) is 29.6 Å². The lowest BCUT2D eigenvalue weighted by molar-refractivity contribution is -0.146. The van der Waals surface area contributed by atoms with E-state index in [1.807, 2.05) is 31.2 Å². The normalized spacial score (nSPS) is 10.3. The smallest absolute Gasteiger partial charge is 0.312 e. The van der Waals surface area contributed by atoms with Gasteiger partial charge >= 0.3 is 5.97 Å². The lowest BCUT2D eigenvalue weighted by Crippen LogP contribution is -2.21. The Morgan fingerprint density at radius 1 is 0.969 bits per heavy atom. The Bertz CT molecular complexity index is 1080. The molecule has 166 valence electrons. The third-order valence-corrected chi connectivity index (χ3v) is 5.03. The summed E-state index contributed by atoms with van der Waals surface area (Å²) in [6, 6.07) is 14.3. The number of anilines is 2. The first-order valence-electron chi connectivity index (χ1n) is 9.83. The molecule has 32 heavy (non-hydrogen) atoms. The highest BCUT2D eigenvalue weighted by Gasteiger charge is 2.12. The van der Waals surface area contributed by atoms with E-state index in [4.69, 9.17) is 9.47 Å². The molecule has 2 amide bonds. The number of nitrogens with one attached hydrogen (secondary N) is 2. The van der Waals surface area contributed by atoms with Crippen molar-refractivity contribution in [1.29, 1.82) is 0 Å². The van der Waals surface area contributed by atoms with E-state index >= 15 is 0 Å². The quantitative estimate of drug-likeness (QED) is 0.479. The minimum absolute atomic E-state index is 0.0281. The summed E-state index contributed by atoms with van der Waals surface area (Å²) < 4.78 is 10.7. The fourth-order valence-corrected chi connectivity index (χ4v) is 3.36. The highest BCUT2D eigenvalue weighted by Crippen LogP contribution is 2.17. The second kappa shape index (κ2) is 11.1. The van der Waals surface area contributed by atoms with E-state index in [-0.39, 0.29) is 12.3 Å². The van der Waals surface area contributed by atoms with E-state index in [9.17, 15) is 14.4 Å². The van der Waals surface area contributed by atoms with Crippen LogP contribution in [-0.2, 0) is 32.1 Å². The predicted octanol–water partition coefficient (Wildman–Crippen LogP) is 3.71. The Morgan fingerprint density at radius 2 is 1.62 bits per heavy atom. The van der Waals surface area contributed by atoms with Crippen LogP contribution in [0.1, 0.15) is 23.2 Å². The first kappa shape index (κ1) is 23.0. The summed E-state index contributed by atoms with van der Waals surface area (Å²) in [5.41, 5.74) is 2.86. The molecule has 0 aliphatic rings. The summed E-state index contributed by atoms with van der Waals surface area (Å²) in [5, 5.41) is 7.77. The average molecular weight is 454 g/mol. The molecule has 8 nitrogen and oxygen atoms in total. The molecule has 0 spiro atoms. The van der Waals surface area contributed by atoms with Crippen molar-refractivity contribution in [2.75, 3.05) is 17.2 Å². The molecule has 0 radical (unpaired) electrons. The van der Waals surface area contributed by atoms with Gasteiger partial charge in [-0.3, -0.25) is 14.4 Å². The van der Waals surface area contributed by atoms with E-state index in [0.717, 1.165) is 16.3 Å². The van der Waals surface area contributed by atoms with Crippen LogP contribution in [-0.4, -0.2) is 29.4 Å². The maximum Gasteiger partial charge on any atom is 0.312 e. The standard InChI is InChI=1S/C23H23N3O5S/c1-15-3-9-20(10-4-15)30-13-22-26-19(14-32-22)11-23(29)31-12-21(28)25-18-7-5-17(6-8-18)24-16(2)27/h3-10,14H,11-13H2,1-2H3,(H,24,27)(H,25,28). The Kier molecular flexibility index (Phi) is 7.93. The molecular weight excluding hydrogens is 430 g/mol. The molecule has 0 aliphatic carbocycles. The first-order chi connectivity index (χ1) is 15.4. The highest BCUT2D eigenvalue weighted by molar-refractivity contribution is 7.09. The molecule has 0 unspecified atom stereocenters. The van der Waals surface area contributed by atoms with Gasteiger partial charge in [-0.25, -0.2) is 4.98 Å². The van der Waals surface area contributed by atoms with Crippen LogP contribution in [0.2, 0.25) is 0 Å². The monoisotopic (exact) mass is 453 g/mol. The molecule has 0 aliphatic heterocycles. The molecule has 0 bridgehead atoms. The summed E-state index contributed by atoms with van der Waals surface area (Å²) >= 11 is 1.40. The Morgan fingerprint density at radius 3 is 2.28 bits per heavy atom. The largest absolute Gasteiger partial charge is 0.486 e.